The molecule has 0 fully saturated rings. The highest BCUT2D eigenvalue weighted by atomic mass is 15.3. The lowest BCUT2D eigenvalue weighted by molar-refractivity contribution is 0.371. The normalized spacial score (nSPS) is 13.0. The molecule has 1 aromatic heterocycles. The summed E-state index contributed by atoms with van der Waals surface area (Å²) in [6.07, 6.45) is 1.96. The van der Waals surface area contributed by atoms with Gasteiger partial charge in [0.05, 0.1) is 0 Å². The van der Waals surface area contributed by atoms with Gasteiger partial charge in [0.25, 0.3) is 0 Å². The Morgan fingerprint density at radius 3 is 2.38 bits per heavy atom. The number of hydrogen-bond acceptors (Lipinski definition) is 5. The van der Waals surface area contributed by atoms with Crippen LogP contribution >= 0.6 is 0 Å². The first kappa shape index (κ1) is 17.9. The van der Waals surface area contributed by atoms with Gasteiger partial charge >= 0.3 is 0 Å². The molecular formula is C16H31N5. The Hall–Kier alpha value is -1.20. The summed E-state index contributed by atoms with van der Waals surface area (Å²) >= 11 is 0. The lowest BCUT2D eigenvalue weighted by Crippen LogP contribution is -2.41. The van der Waals surface area contributed by atoms with Crippen molar-refractivity contribution in [3.8, 4) is 0 Å². The third kappa shape index (κ3) is 5.59. The number of aryl methyl sites for hydroxylation is 1. The van der Waals surface area contributed by atoms with Gasteiger partial charge in [-0.15, -0.1) is 0 Å². The van der Waals surface area contributed by atoms with E-state index in [1.165, 1.54) is 5.56 Å². The maximum Gasteiger partial charge on any atom is 0.225 e. The van der Waals surface area contributed by atoms with Crippen LogP contribution in [0.25, 0.3) is 0 Å². The van der Waals surface area contributed by atoms with Crippen molar-refractivity contribution in [1.82, 2.24) is 20.2 Å². The van der Waals surface area contributed by atoms with Crippen LogP contribution in [-0.2, 0) is 6.54 Å². The van der Waals surface area contributed by atoms with Gasteiger partial charge in [0.1, 0.15) is 0 Å². The predicted octanol–water partition coefficient (Wildman–Crippen LogP) is 2.06. The van der Waals surface area contributed by atoms with E-state index < -0.39 is 0 Å². The molecular weight excluding hydrogens is 262 g/mol. The fraction of sp³-hybridized carbons (Fsp3) is 0.750. The highest BCUT2D eigenvalue weighted by Crippen LogP contribution is 2.14. The van der Waals surface area contributed by atoms with Crippen LogP contribution in [0.2, 0.25) is 0 Å². The minimum Gasteiger partial charge on any atom is -0.337 e. The zero-order valence-corrected chi connectivity index (χ0v) is 14.6. The van der Waals surface area contributed by atoms with Gasteiger partial charge in [-0.25, -0.2) is 9.97 Å². The van der Waals surface area contributed by atoms with Crippen LogP contribution in [0.3, 0.4) is 0 Å². The summed E-state index contributed by atoms with van der Waals surface area (Å²) in [5.74, 6) is 0.831. The van der Waals surface area contributed by atoms with E-state index in [1.54, 1.807) is 0 Å². The molecule has 0 amide bonds. The molecule has 0 aliphatic carbocycles. The fourth-order valence-electron chi connectivity index (χ4n) is 2.38. The minimum absolute atomic E-state index is 0.393. The second-order valence-electron chi connectivity index (χ2n) is 6.21. The van der Waals surface area contributed by atoms with Crippen molar-refractivity contribution in [2.75, 3.05) is 32.1 Å². The second-order valence-corrected chi connectivity index (χ2v) is 6.21. The molecule has 1 atom stereocenters. The number of likely N-dealkylation sites (N-methyl/N-ethyl adjacent to an activating group) is 2. The van der Waals surface area contributed by atoms with E-state index in [4.69, 9.17) is 4.98 Å². The first-order chi connectivity index (χ1) is 9.85. The Balaban J connectivity index is 2.84. The molecule has 0 aliphatic heterocycles. The monoisotopic (exact) mass is 293 g/mol. The van der Waals surface area contributed by atoms with Gasteiger partial charge in [0.2, 0.25) is 5.95 Å². The van der Waals surface area contributed by atoms with Gasteiger partial charge in [-0.05, 0) is 34.9 Å². The molecule has 5 nitrogen and oxygen atoms in total. The maximum absolute atomic E-state index is 4.71. The average Bonchev–Trinajstić information content (AvgIpc) is 2.37. The van der Waals surface area contributed by atoms with Crippen molar-refractivity contribution in [2.24, 2.45) is 0 Å². The highest BCUT2D eigenvalue weighted by Gasteiger charge is 2.17. The molecule has 1 N–H and O–H groups in total. The lowest BCUT2D eigenvalue weighted by atomic mass is 10.2. The molecule has 0 saturated heterocycles. The van der Waals surface area contributed by atoms with Gasteiger partial charge < -0.3 is 15.1 Å². The SMILES string of the molecule is CCN(c1ncc(CNC(C)C)c(C)n1)C(C)CN(C)C. The van der Waals surface area contributed by atoms with E-state index in [1.807, 2.05) is 6.20 Å². The van der Waals surface area contributed by atoms with Crippen LogP contribution in [0, 0.1) is 6.92 Å². The van der Waals surface area contributed by atoms with Crippen LogP contribution in [-0.4, -0.2) is 54.1 Å². The lowest BCUT2D eigenvalue weighted by Gasteiger charge is -2.30. The summed E-state index contributed by atoms with van der Waals surface area (Å²) < 4.78 is 0. The molecule has 21 heavy (non-hydrogen) atoms. The Labute approximate surface area is 129 Å². The third-order valence-corrected chi connectivity index (χ3v) is 3.53. The largest absolute Gasteiger partial charge is 0.337 e. The second kappa shape index (κ2) is 8.29. The summed E-state index contributed by atoms with van der Waals surface area (Å²) in [6.45, 7) is 13.5. The van der Waals surface area contributed by atoms with Crippen LogP contribution < -0.4 is 10.2 Å². The number of aromatic nitrogens is 2. The fourth-order valence-corrected chi connectivity index (χ4v) is 2.38. The van der Waals surface area contributed by atoms with Crippen LogP contribution in [0.15, 0.2) is 6.20 Å². The number of nitrogens with one attached hydrogen (secondary N) is 1. The average molecular weight is 293 g/mol. The van der Waals surface area contributed by atoms with Crippen molar-refractivity contribution in [3.63, 3.8) is 0 Å². The predicted molar refractivity (Wildman–Crippen MR) is 89.8 cm³/mol. The summed E-state index contributed by atoms with van der Waals surface area (Å²) in [6, 6.07) is 0.861. The van der Waals surface area contributed by atoms with Crippen molar-refractivity contribution in [2.45, 2.75) is 53.2 Å². The topological polar surface area (TPSA) is 44.3 Å². The molecule has 1 unspecified atom stereocenters. The van der Waals surface area contributed by atoms with Crippen molar-refractivity contribution in [1.29, 1.82) is 0 Å². The molecule has 0 bridgehead atoms. The molecule has 0 saturated carbocycles. The van der Waals surface area contributed by atoms with E-state index in [0.29, 0.717) is 12.1 Å². The van der Waals surface area contributed by atoms with Crippen LogP contribution in [0.4, 0.5) is 5.95 Å². The van der Waals surface area contributed by atoms with E-state index in [9.17, 15) is 0 Å². The number of nitrogens with zero attached hydrogens (tertiary/aromatic N) is 4. The van der Waals surface area contributed by atoms with Crippen LogP contribution in [0.1, 0.15) is 39.0 Å². The summed E-state index contributed by atoms with van der Waals surface area (Å²) in [5.41, 5.74) is 2.23. The van der Waals surface area contributed by atoms with E-state index in [0.717, 1.165) is 31.3 Å². The van der Waals surface area contributed by atoms with E-state index >= 15 is 0 Å². The zero-order chi connectivity index (χ0) is 16.0. The molecule has 0 radical (unpaired) electrons. The van der Waals surface area contributed by atoms with Gasteiger partial charge in [-0.1, -0.05) is 13.8 Å². The Bertz CT molecular complexity index is 431. The van der Waals surface area contributed by atoms with Gasteiger partial charge in [0, 0.05) is 49.2 Å². The van der Waals surface area contributed by atoms with Crippen molar-refractivity contribution >= 4 is 5.95 Å². The third-order valence-electron chi connectivity index (χ3n) is 3.53. The molecule has 0 aromatic carbocycles. The standard InChI is InChI=1S/C16H31N5/c1-8-21(13(4)11-20(6)7)16-18-10-15(14(5)19-16)9-17-12(2)3/h10,12-13,17H,8-9,11H2,1-7H3. The Morgan fingerprint density at radius 2 is 1.90 bits per heavy atom. The molecule has 5 heteroatoms. The van der Waals surface area contributed by atoms with E-state index in [-0.39, 0.29) is 0 Å². The molecule has 120 valence electrons. The summed E-state index contributed by atoms with van der Waals surface area (Å²) in [7, 11) is 4.19. The zero-order valence-electron chi connectivity index (χ0n) is 14.6. The number of anilines is 1. The number of rotatable bonds is 8. The first-order valence-electron chi connectivity index (χ1n) is 7.82. The Morgan fingerprint density at radius 1 is 1.24 bits per heavy atom. The first-order valence-corrected chi connectivity index (χ1v) is 7.82. The van der Waals surface area contributed by atoms with Gasteiger partial charge in [-0.2, -0.15) is 0 Å². The summed E-state index contributed by atoms with van der Waals surface area (Å²) in [5, 5.41) is 3.41. The van der Waals surface area contributed by atoms with Crippen molar-refractivity contribution in [3.05, 3.63) is 17.5 Å². The van der Waals surface area contributed by atoms with Crippen LogP contribution in [0.5, 0.6) is 0 Å². The molecule has 0 aliphatic rings. The summed E-state index contributed by atoms with van der Waals surface area (Å²) in [4.78, 5) is 13.7. The number of hydrogen-bond donors (Lipinski definition) is 1. The van der Waals surface area contributed by atoms with Gasteiger partial charge in [0.15, 0.2) is 0 Å². The quantitative estimate of drug-likeness (QED) is 0.795. The smallest absolute Gasteiger partial charge is 0.225 e. The molecule has 1 heterocycles. The van der Waals surface area contributed by atoms with Crippen molar-refractivity contribution < 1.29 is 0 Å². The highest BCUT2D eigenvalue weighted by molar-refractivity contribution is 5.34. The maximum atomic E-state index is 4.71. The Kier molecular flexibility index (Phi) is 7.05. The molecule has 1 aromatic rings. The minimum atomic E-state index is 0.393. The molecule has 0 spiro atoms. The van der Waals surface area contributed by atoms with Gasteiger partial charge in [-0.3, -0.25) is 0 Å². The van der Waals surface area contributed by atoms with E-state index in [2.05, 4.69) is 68.8 Å². The molecule has 1 rings (SSSR count).